The van der Waals surface area contributed by atoms with E-state index in [1.165, 1.54) is 13.2 Å². The number of carbonyl (C=O) groups is 1. The van der Waals surface area contributed by atoms with E-state index in [0.717, 1.165) is 5.56 Å². The second-order valence-electron chi connectivity index (χ2n) is 4.23. The molecule has 2 aromatic carbocycles. The van der Waals surface area contributed by atoms with Gasteiger partial charge in [-0.1, -0.05) is 30.3 Å². The van der Waals surface area contributed by atoms with E-state index >= 15 is 0 Å². The highest BCUT2D eigenvalue weighted by molar-refractivity contribution is 5.99. The zero-order valence-electron chi connectivity index (χ0n) is 11.1. The first kappa shape index (κ1) is 13.7. The Morgan fingerprint density at radius 2 is 1.90 bits per heavy atom. The zero-order valence-corrected chi connectivity index (χ0v) is 11.1. The Kier molecular flexibility index (Phi) is 4.10. The molecule has 5 heteroatoms. The van der Waals surface area contributed by atoms with Gasteiger partial charge in [0.1, 0.15) is 18.1 Å². The SMILES string of the molecule is COc1cc(OCc2ccccc2)c(N)c(C(N)=O)c1. The maximum Gasteiger partial charge on any atom is 0.251 e. The standard InChI is InChI=1S/C15H16N2O3/c1-19-11-7-12(15(17)18)14(16)13(8-11)20-9-10-5-3-2-4-6-10/h2-8H,9,16H2,1H3,(H2,17,18). The molecule has 0 aliphatic rings. The van der Waals surface area contributed by atoms with E-state index in [4.69, 9.17) is 20.9 Å². The lowest BCUT2D eigenvalue weighted by Gasteiger charge is -2.13. The van der Waals surface area contributed by atoms with Gasteiger partial charge in [-0.05, 0) is 11.6 Å². The molecule has 104 valence electrons. The van der Waals surface area contributed by atoms with Gasteiger partial charge in [-0.2, -0.15) is 0 Å². The first-order valence-electron chi connectivity index (χ1n) is 6.06. The van der Waals surface area contributed by atoms with Crippen molar-refractivity contribution in [3.8, 4) is 11.5 Å². The highest BCUT2D eigenvalue weighted by Gasteiger charge is 2.14. The number of carbonyl (C=O) groups excluding carboxylic acids is 1. The highest BCUT2D eigenvalue weighted by Crippen LogP contribution is 2.31. The highest BCUT2D eigenvalue weighted by atomic mass is 16.5. The van der Waals surface area contributed by atoms with Crippen molar-refractivity contribution in [2.45, 2.75) is 6.61 Å². The molecule has 0 bridgehead atoms. The van der Waals surface area contributed by atoms with Crippen molar-refractivity contribution in [1.29, 1.82) is 0 Å². The van der Waals surface area contributed by atoms with Gasteiger partial charge in [0, 0.05) is 6.07 Å². The molecule has 2 rings (SSSR count). The molecule has 0 atom stereocenters. The van der Waals surface area contributed by atoms with Crippen molar-refractivity contribution in [2.75, 3.05) is 12.8 Å². The summed E-state index contributed by atoms with van der Waals surface area (Å²) in [6, 6.07) is 12.8. The third kappa shape index (κ3) is 3.00. The second kappa shape index (κ2) is 5.97. The number of nitrogen functional groups attached to an aromatic ring is 1. The lowest BCUT2D eigenvalue weighted by atomic mass is 10.1. The molecule has 20 heavy (non-hydrogen) atoms. The van der Waals surface area contributed by atoms with E-state index in [-0.39, 0.29) is 11.3 Å². The Bertz CT molecular complexity index is 612. The number of nitrogens with two attached hydrogens (primary N) is 2. The Morgan fingerprint density at radius 1 is 1.20 bits per heavy atom. The van der Waals surface area contributed by atoms with Gasteiger partial charge in [0.05, 0.1) is 18.4 Å². The molecule has 0 radical (unpaired) electrons. The monoisotopic (exact) mass is 272 g/mol. The number of methoxy groups -OCH3 is 1. The summed E-state index contributed by atoms with van der Waals surface area (Å²) in [6.45, 7) is 0.344. The molecule has 0 aliphatic carbocycles. The first-order valence-corrected chi connectivity index (χ1v) is 6.06. The lowest BCUT2D eigenvalue weighted by Crippen LogP contribution is -2.14. The van der Waals surface area contributed by atoms with Crippen LogP contribution >= 0.6 is 0 Å². The van der Waals surface area contributed by atoms with Crippen LogP contribution in [0.3, 0.4) is 0 Å². The van der Waals surface area contributed by atoms with Crippen LogP contribution in [0.5, 0.6) is 11.5 Å². The van der Waals surface area contributed by atoms with Crippen LogP contribution in [0, 0.1) is 0 Å². The quantitative estimate of drug-likeness (QED) is 0.814. The summed E-state index contributed by atoms with van der Waals surface area (Å²) in [5.74, 6) is 0.226. The molecule has 1 amide bonds. The number of hydrogen-bond donors (Lipinski definition) is 2. The molecular weight excluding hydrogens is 256 g/mol. The minimum absolute atomic E-state index is 0.187. The lowest BCUT2D eigenvalue weighted by molar-refractivity contribution is 0.100. The molecule has 0 spiro atoms. The number of hydrogen-bond acceptors (Lipinski definition) is 4. The Morgan fingerprint density at radius 3 is 2.50 bits per heavy atom. The fraction of sp³-hybridized carbons (Fsp3) is 0.133. The van der Waals surface area contributed by atoms with Crippen molar-refractivity contribution < 1.29 is 14.3 Å². The fourth-order valence-electron chi connectivity index (χ4n) is 1.78. The third-order valence-electron chi connectivity index (χ3n) is 2.85. The predicted octanol–water partition coefficient (Wildman–Crippen LogP) is 1.96. The van der Waals surface area contributed by atoms with Crippen LogP contribution in [-0.2, 0) is 6.61 Å². The molecule has 0 fully saturated rings. The van der Waals surface area contributed by atoms with Crippen LogP contribution in [-0.4, -0.2) is 13.0 Å². The van der Waals surface area contributed by atoms with E-state index in [9.17, 15) is 4.79 Å². The smallest absolute Gasteiger partial charge is 0.251 e. The van der Waals surface area contributed by atoms with Crippen molar-refractivity contribution >= 4 is 11.6 Å². The number of benzene rings is 2. The minimum atomic E-state index is -0.619. The Balaban J connectivity index is 2.26. The van der Waals surface area contributed by atoms with Gasteiger partial charge >= 0.3 is 0 Å². The maximum atomic E-state index is 11.3. The molecule has 2 aromatic rings. The summed E-state index contributed by atoms with van der Waals surface area (Å²) in [5, 5.41) is 0. The van der Waals surface area contributed by atoms with Crippen LogP contribution in [0.1, 0.15) is 15.9 Å². The van der Waals surface area contributed by atoms with Crippen molar-refractivity contribution in [3.05, 3.63) is 53.6 Å². The van der Waals surface area contributed by atoms with Gasteiger partial charge in [0.2, 0.25) is 0 Å². The number of primary amides is 1. The minimum Gasteiger partial charge on any atom is -0.497 e. The van der Waals surface area contributed by atoms with Crippen molar-refractivity contribution in [2.24, 2.45) is 5.73 Å². The molecule has 0 saturated carbocycles. The number of ether oxygens (including phenoxy) is 2. The van der Waals surface area contributed by atoms with E-state index < -0.39 is 5.91 Å². The molecule has 0 aliphatic heterocycles. The van der Waals surface area contributed by atoms with Gasteiger partial charge in [-0.25, -0.2) is 0 Å². The van der Waals surface area contributed by atoms with Crippen LogP contribution in [0.4, 0.5) is 5.69 Å². The maximum absolute atomic E-state index is 11.3. The van der Waals surface area contributed by atoms with E-state index in [1.54, 1.807) is 6.07 Å². The third-order valence-corrected chi connectivity index (χ3v) is 2.85. The molecule has 0 aromatic heterocycles. The van der Waals surface area contributed by atoms with Gasteiger partial charge in [-0.15, -0.1) is 0 Å². The molecule has 4 N–H and O–H groups in total. The van der Waals surface area contributed by atoms with Crippen molar-refractivity contribution in [3.63, 3.8) is 0 Å². The van der Waals surface area contributed by atoms with Crippen LogP contribution < -0.4 is 20.9 Å². The summed E-state index contributed by atoms with van der Waals surface area (Å²) in [6.07, 6.45) is 0. The van der Waals surface area contributed by atoms with Gasteiger partial charge in [0.25, 0.3) is 5.91 Å². The average Bonchev–Trinajstić information content (AvgIpc) is 2.47. The number of rotatable bonds is 5. The zero-order chi connectivity index (χ0) is 14.5. The number of anilines is 1. The summed E-state index contributed by atoms with van der Waals surface area (Å²) in [5.41, 5.74) is 12.6. The predicted molar refractivity (Wildman–Crippen MR) is 76.7 cm³/mol. The second-order valence-corrected chi connectivity index (χ2v) is 4.23. The summed E-state index contributed by atoms with van der Waals surface area (Å²) in [7, 11) is 1.50. The summed E-state index contributed by atoms with van der Waals surface area (Å²) in [4.78, 5) is 11.3. The number of amides is 1. The van der Waals surface area contributed by atoms with Crippen LogP contribution in [0.2, 0.25) is 0 Å². The van der Waals surface area contributed by atoms with Crippen LogP contribution in [0.15, 0.2) is 42.5 Å². The molecule has 5 nitrogen and oxygen atoms in total. The summed E-state index contributed by atoms with van der Waals surface area (Å²) < 4.78 is 10.8. The van der Waals surface area contributed by atoms with Gasteiger partial charge < -0.3 is 20.9 Å². The summed E-state index contributed by atoms with van der Waals surface area (Å²) >= 11 is 0. The molecule has 0 heterocycles. The van der Waals surface area contributed by atoms with Gasteiger partial charge in [-0.3, -0.25) is 4.79 Å². The van der Waals surface area contributed by atoms with Crippen LogP contribution in [0.25, 0.3) is 0 Å². The largest absolute Gasteiger partial charge is 0.497 e. The fourth-order valence-corrected chi connectivity index (χ4v) is 1.78. The Labute approximate surface area is 117 Å². The molecule has 0 saturated heterocycles. The van der Waals surface area contributed by atoms with E-state index in [2.05, 4.69) is 0 Å². The van der Waals surface area contributed by atoms with E-state index in [1.807, 2.05) is 30.3 Å². The topological polar surface area (TPSA) is 87.6 Å². The Hall–Kier alpha value is -2.69. The molecular formula is C15H16N2O3. The van der Waals surface area contributed by atoms with Crippen molar-refractivity contribution in [1.82, 2.24) is 0 Å². The average molecular weight is 272 g/mol. The van der Waals surface area contributed by atoms with Gasteiger partial charge in [0.15, 0.2) is 0 Å². The normalized spacial score (nSPS) is 10.1. The van der Waals surface area contributed by atoms with E-state index in [0.29, 0.717) is 18.1 Å². The molecule has 0 unspecified atom stereocenters. The first-order chi connectivity index (χ1) is 9.61.